The summed E-state index contributed by atoms with van der Waals surface area (Å²) in [5.74, 6) is -0.324. The van der Waals surface area contributed by atoms with Crippen LogP contribution < -0.4 is 5.73 Å². The lowest BCUT2D eigenvalue weighted by atomic mass is 9.82. The number of nitrogens with two attached hydrogens (primary N) is 1. The molecule has 0 aromatic carbocycles. The lowest BCUT2D eigenvalue weighted by molar-refractivity contribution is -0.146. The summed E-state index contributed by atoms with van der Waals surface area (Å²) in [6, 6.07) is 0. The molecule has 1 atom stereocenters. The Hall–Kier alpha value is -0.610. The summed E-state index contributed by atoms with van der Waals surface area (Å²) < 4.78 is 4.71. The summed E-state index contributed by atoms with van der Waals surface area (Å²) in [5, 5.41) is 0. The first-order valence-electron chi connectivity index (χ1n) is 6.36. The molecule has 1 heterocycles. The number of carbonyl (C=O) groups is 1. The van der Waals surface area contributed by atoms with Gasteiger partial charge in [0.1, 0.15) is 5.54 Å². The van der Waals surface area contributed by atoms with Crippen molar-refractivity contribution in [3.05, 3.63) is 0 Å². The molecule has 0 radical (unpaired) electrons. The molecular formula is C13H26N2O2. The number of esters is 1. The lowest BCUT2D eigenvalue weighted by Crippen LogP contribution is -2.49. The molecule has 0 amide bonds. The second kappa shape index (κ2) is 5.36. The van der Waals surface area contributed by atoms with E-state index in [1.165, 1.54) is 20.0 Å². The van der Waals surface area contributed by atoms with Gasteiger partial charge in [-0.05, 0) is 44.7 Å². The molecule has 1 aliphatic heterocycles. The highest BCUT2D eigenvalue weighted by Gasteiger charge is 2.31. The average Bonchev–Trinajstić information content (AvgIpc) is 2.26. The van der Waals surface area contributed by atoms with Gasteiger partial charge in [-0.2, -0.15) is 0 Å². The van der Waals surface area contributed by atoms with E-state index in [9.17, 15) is 4.79 Å². The average molecular weight is 242 g/mol. The van der Waals surface area contributed by atoms with Gasteiger partial charge in [-0.25, -0.2) is 0 Å². The fourth-order valence-electron chi connectivity index (χ4n) is 2.11. The van der Waals surface area contributed by atoms with E-state index in [0.29, 0.717) is 11.8 Å². The standard InChI is InChI=1S/C13H26N2O2/c1-12(2)5-8-15(9-6-12)10-7-13(3,14)11(16)17-4/h5-10,14H2,1-4H3. The van der Waals surface area contributed by atoms with Gasteiger partial charge in [0, 0.05) is 6.54 Å². The molecule has 1 unspecified atom stereocenters. The number of methoxy groups -OCH3 is 1. The van der Waals surface area contributed by atoms with Gasteiger partial charge in [0.15, 0.2) is 0 Å². The summed E-state index contributed by atoms with van der Waals surface area (Å²) in [6.07, 6.45) is 3.08. The lowest BCUT2D eigenvalue weighted by Gasteiger charge is -2.37. The van der Waals surface area contributed by atoms with Crippen molar-refractivity contribution in [1.29, 1.82) is 0 Å². The van der Waals surface area contributed by atoms with Crippen LogP contribution in [0.25, 0.3) is 0 Å². The predicted octanol–water partition coefficient (Wildman–Crippen LogP) is 1.39. The Morgan fingerprint density at radius 2 is 1.94 bits per heavy atom. The van der Waals surface area contributed by atoms with Gasteiger partial charge in [0.25, 0.3) is 0 Å². The van der Waals surface area contributed by atoms with Crippen molar-refractivity contribution in [2.75, 3.05) is 26.7 Å². The van der Waals surface area contributed by atoms with Crippen molar-refractivity contribution >= 4 is 5.97 Å². The van der Waals surface area contributed by atoms with Gasteiger partial charge in [-0.15, -0.1) is 0 Å². The number of rotatable bonds is 4. The SMILES string of the molecule is COC(=O)C(C)(N)CCN1CCC(C)(C)CC1. The Labute approximate surface area is 104 Å². The minimum atomic E-state index is -0.859. The highest BCUT2D eigenvalue weighted by molar-refractivity contribution is 5.79. The maximum atomic E-state index is 11.4. The third kappa shape index (κ3) is 4.28. The molecule has 4 heteroatoms. The van der Waals surface area contributed by atoms with Gasteiger partial charge in [-0.3, -0.25) is 4.79 Å². The van der Waals surface area contributed by atoms with Crippen LogP contribution in [-0.4, -0.2) is 43.2 Å². The molecule has 1 rings (SSSR count). The van der Waals surface area contributed by atoms with Gasteiger partial charge in [0.2, 0.25) is 0 Å². The minimum Gasteiger partial charge on any atom is -0.468 e. The molecule has 0 aliphatic carbocycles. The summed E-state index contributed by atoms with van der Waals surface area (Å²) in [5.41, 5.74) is 5.54. The van der Waals surface area contributed by atoms with E-state index in [1.807, 2.05) is 0 Å². The zero-order valence-electron chi connectivity index (χ0n) is 11.6. The largest absolute Gasteiger partial charge is 0.468 e. The van der Waals surface area contributed by atoms with Crippen LogP contribution >= 0.6 is 0 Å². The zero-order chi connectivity index (χ0) is 13.1. The molecule has 1 saturated heterocycles. The molecule has 2 N–H and O–H groups in total. The molecule has 0 spiro atoms. The maximum Gasteiger partial charge on any atom is 0.325 e. The number of hydrogen-bond donors (Lipinski definition) is 1. The third-order valence-corrected chi connectivity index (χ3v) is 3.81. The van der Waals surface area contributed by atoms with E-state index in [2.05, 4.69) is 18.7 Å². The van der Waals surface area contributed by atoms with Crippen molar-refractivity contribution < 1.29 is 9.53 Å². The van der Waals surface area contributed by atoms with Crippen LogP contribution in [0, 0.1) is 5.41 Å². The van der Waals surface area contributed by atoms with Crippen molar-refractivity contribution in [1.82, 2.24) is 4.90 Å². The zero-order valence-corrected chi connectivity index (χ0v) is 11.6. The third-order valence-electron chi connectivity index (χ3n) is 3.81. The molecule has 0 bridgehead atoms. The minimum absolute atomic E-state index is 0.324. The highest BCUT2D eigenvalue weighted by atomic mass is 16.5. The molecular weight excluding hydrogens is 216 g/mol. The summed E-state index contributed by atoms with van der Waals surface area (Å²) >= 11 is 0. The predicted molar refractivity (Wildman–Crippen MR) is 68.7 cm³/mol. The quantitative estimate of drug-likeness (QED) is 0.757. The van der Waals surface area contributed by atoms with Gasteiger partial charge in [-0.1, -0.05) is 13.8 Å². The topological polar surface area (TPSA) is 55.6 Å². The molecule has 1 aliphatic rings. The first-order valence-corrected chi connectivity index (χ1v) is 6.36. The van der Waals surface area contributed by atoms with Crippen LogP contribution in [0.2, 0.25) is 0 Å². The molecule has 0 saturated carbocycles. The fourth-order valence-corrected chi connectivity index (χ4v) is 2.11. The first-order chi connectivity index (χ1) is 7.77. The van der Waals surface area contributed by atoms with Crippen LogP contribution in [0.15, 0.2) is 0 Å². The molecule has 0 aromatic rings. The summed E-state index contributed by atoms with van der Waals surface area (Å²) in [7, 11) is 1.39. The number of piperidine rings is 1. The van der Waals surface area contributed by atoms with Crippen molar-refractivity contribution in [3.8, 4) is 0 Å². The number of ether oxygens (including phenoxy) is 1. The smallest absolute Gasteiger partial charge is 0.325 e. The number of hydrogen-bond acceptors (Lipinski definition) is 4. The molecule has 0 aromatic heterocycles. The van der Waals surface area contributed by atoms with Crippen molar-refractivity contribution in [2.24, 2.45) is 11.1 Å². The Morgan fingerprint density at radius 1 is 1.41 bits per heavy atom. The molecule has 17 heavy (non-hydrogen) atoms. The summed E-state index contributed by atoms with van der Waals surface area (Å²) in [4.78, 5) is 13.8. The number of carbonyl (C=O) groups excluding carboxylic acids is 1. The van der Waals surface area contributed by atoms with E-state index in [1.54, 1.807) is 6.92 Å². The van der Waals surface area contributed by atoms with Crippen LogP contribution in [-0.2, 0) is 9.53 Å². The van der Waals surface area contributed by atoms with E-state index in [-0.39, 0.29) is 5.97 Å². The Balaban J connectivity index is 2.35. The van der Waals surface area contributed by atoms with Crippen LogP contribution in [0.1, 0.15) is 40.0 Å². The van der Waals surface area contributed by atoms with E-state index >= 15 is 0 Å². The van der Waals surface area contributed by atoms with Crippen molar-refractivity contribution in [3.63, 3.8) is 0 Å². The van der Waals surface area contributed by atoms with Gasteiger partial charge >= 0.3 is 5.97 Å². The fraction of sp³-hybridized carbons (Fsp3) is 0.923. The van der Waals surface area contributed by atoms with Crippen molar-refractivity contribution in [2.45, 2.75) is 45.6 Å². The van der Waals surface area contributed by atoms with Crippen LogP contribution in [0.5, 0.6) is 0 Å². The molecule has 4 nitrogen and oxygen atoms in total. The van der Waals surface area contributed by atoms with Gasteiger partial charge < -0.3 is 15.4 Å². The second-order valence-electron chi connectivity index (χ2n) is 6.16. The van der Waals surface area contributed by atoms with E-state index in [4.69, 9.17) is 10.5 Å². The number of nitrogens with zero attached hydrogens (tertiary/aromatic N) is 1. The normalized spacial score (nSPS) is 24.1. The maximum absolute atomic E-state index is 11.4. The van der Waals surface area contributed by atoms with Crippen LogP contribution in [0.4, 0.5) is 0 Å². The molecule has 100 valence electrons. The van der Waals surface area contributed by atoms with E-state index < -0.39 is 5.54 Å². The monoisotopic (exact) mass is 242 g/mol. The number of likely N-dealkylation sites (tertiary alicyclic amines) is 1. The second-order valence-corrected chi connectivity index (χ2v) is 6.16. The molecule has 1 fully saturated rings. The highest BCUT2D eigenvalue weighted by Crippen LogP contribution is 2.29. The summed E-state index contributed by atoms with van der Waals surface area (Å²) in [6.45, 7) is 9.44. The van der Waals surface area contributed by atoms with Crippen LogP contribution in [0.3, 0.4) is 0 Å². The Bertz CT molecular complexity index is 265. The Kier molecular flexibility index (Phi) is 4.55. The van der Waals surface area contributed by atoms with E-state index in [0.717, 1.165) is 19.6 Å². The Morgan fingerprint density at radius 3 is 2.41 bits per heavy atom. The first kappa shape index (κ1) is 14.5. The van der Waals surface area contributed by atoms with Gasteiger partial charge in [0.05, 0.1) is 7.11 Å².